The van der Waals surface area contributed by atoms with E-state index in [4.69, 9.17) is 0 Å². The summed E-state index contributed by atoms with van der Waals surface area (Å²) in [4.78, 5) is 8.51. The predicted molar refractivity (Wildman–Crippen MR) is 117 cm³/mol. The van der Waals surface area contributed by atoms with Crippen molar-refractivity contribution in [1.29, 1.82) is 0 Å². The van der Waals surface area contributed by atoms with Crippen LogP contribution in [0.2, 0.25) is 0 Å². The number of nitrogens with one attached hydrogen (secondary N) is 1. The molecule has 1 aliphatic heterocycles. The fourth-order valence-electron chi connectivity index (χ4n) is 3.92. The van der Waals surface area contributed by atoms with Crippen molar-refractivity contribution in [3.05, 3.63) is 54.4 Å². The lowest BCUT2D eigenvalue weighted by Gasteiger charge is -2.31. The molecule has 1 aliphatic rings. The van der Waals surface area contributed by atoms with Gasteiger partial charge < -0.3 is 5.32 Å². The lowest BCUT2D eigenvalue weighted by molar-refractivity contribution is 0.332. The second-order valence-electron chi connectivity index (χ2n) is 7.71. The van der Waals surface area contributed by atoms with Crippen molar-refractivity contribution in [1.82, 2.24) is 14.3 Å². The molecule has 4 rings (SSSR count). The molecule has 8 heteroatoms. The van der Waals surface area contributed by atoms with Gasteiger partial charge >= 0.3 is 0 Å². The van der Waals surface area contributed by atoms with Gasteiger partial charge in [0.1, 0.15) is 5.82 Å². The van der Waals surface area contributed by atoms with E-state index < -0.39 is 10.0 Å². The van der Waals surface area contributed by atoms with Crippen molar-refractivity contribution in [2.75, 3.05) is 24.7 Å². The molecule has 30 heavy (non-hydrogen) atoms. The monoisotopic (exact) mass is 428 g/mol. The molecule has 6 nitrogen and oxygen atoms in total. The summed E-state index contributed by atoms with van der Waals surface area (Å²) in [7, 11) is -3.16. The average molecular weight is 429 g/mol. The lowest BCUT2D eigenvalue weighted by Crippen LogP contribution is -2.41. The molecule has 3 aromatic rings. The fourth-order valence-corrected chi connectivity index (χ4v) is 4.79. The summed E-state index contributed by atoms with van der Waals surface area (Å²) in [6.07, 6.45) is 8.50. The van der Waals surface area contributed by atoms with Crippen LogP contribution in [-0.4, -0.2) is 48.1 Å². The first-order valence-electron chi connectivity index (χ1n) is 10.1. The van der Waals surface area contributed by atoms with Crippen molar-refractivity contribution in [2.45, 2.75) is 32.2 Å². The Bertz CT molecular complexity index is 1170. The highest BCUT2D eigenvalue weighted by Gasteiger charge is 2.25. The average Bonchev–Trinajstić information content (AvgIpc) is 2.73. The first-order chi connectivity index (χ1) is 14.3. The highest BCUT2D eigenvalue weighted by atomic mass is 32.2. The third kappa shape index (κ3) is 4.29. The van der Waals surface area contributed by atoms with Gasteiger partial charge in [-0.25, -0.2) is 17.1 Å². The van der Waals surface area contributed by atoms with Crippen molar-refractivity contribution in [3.63, 3.8) is 0 Å². The summed E-state index contributed by atoms with van der Waals surface area (Å²) in [5, 5.41) is 5.54. The second-order valence-corrected chi connectivity index (χ2v) is 9.69. The number of aryl methyl sites for hydroxylation is 1. The highest BCUT2D eigenvalue weighted by molar-refractivity contribution is 7.88. The predicted octanol–water partition coefficient (Wildman–Crippen LogP) is 3.83. The van der Waals surface area contributed by atoms with E-state index in [9.17, 15) is 12.8 Å². The number of piperidine rings is 1. The Hall–Kier alpha value is -2.58. The number of benzene rings is 1. The van der Waals surface area contributed by atoms with E-state index in [0.717, 1.165) is 40.4 Å². The number of rotatable bonds is 5. The molecule has 0 radical (unpaired) electrons. The van der Waals surface area contributed by atoms with Gasteiger partial charge in [-0.1, -0.05) is 6.92 Å². The molecule has 0 saturated carbocycles. The van der Waals surface area contributed by atoms with Crippen LogP contribution in [0, 0.1) is 5.82 Å². The van der Waals surface area contributed by atoms with Gasteiger partial charge in [-0.15, -0.1) is 0 Å². The maximum Gasteiger partial charge on any atom is 0.211 e. The Labute approximate surface area is 176 Å². The number of sulfonamides is 1. The molecule has 1 N–H and O–H groups in total. The van der Waals surface area contributed by atoms with Gasteiger partial charge in [-0.3, -0.25) is 9.97 Å². The molecule has 0 bridgehead atoms. The summed E-state index contributed by atoms with van der Waals surface area (Å²) in [5.74, 6) is -0.299. The lowest BCUT2D eigenvalue weighted by atomic mass is 10.00. The Morgan fingerprint density at radius 3 is 2.60 bits per heavy atom. The minimum Gasteiger partial charge on any atom is -0.382 e. The minimum atomic E-state index is -3.16. The zero-order chi connectivity index (χ0) is 21.3. The molecule has 0 aliphatic carbocycles. The second kappa shape index (κ2) is 8.28. The molecule has 0 unspecified atom stereocenters. The molecule has 2 aromatic heterocycles. The highest BCUT2D eigenvalue weighted by Crippen LogP contribution is 2.32. The quantitative estimate of drug-likeness (QED) is 0.668. The van der Waals surface area contributed by atoms with Crippen LogP contribution in [0.5, 0.6) is 0 Å². The summed E-state index contributed by atoms with van der Waals surface area (Å²) in [6.45, 7) is 2.88. The zero-order valence-corrected chi connectivity index (χ0v) is 17.9. The van der Waals surface area contributed by atoms with E-state index in [1.165, 1.54) is 16.6 Å². The van der Waals surface area contributed by atoms with Crippen LogP contribution in [0.25, 0.3) is 21.9 Å². The molecular weight excluding hydrogens is 403 g/mol. The number of aromatic nitrogens is 2. The van der Waals surface area contributed by atoms with E-state index in [1.807, 2.05) is 31.3 Å². The van der Waals surface area contributed by atoms with Gasteiger partial charge in [0.25, 0.3) is 0 Å². The maximum absolute atomic E-state index is 14.3. The zero-order valence-electron chi connectivity index (χ0n) is 17.1. The number of hydrogen-bond donors (Lipinski definition) is 1. The van der Waals surface area contributed by atoms with Gasteiger partial charge in [-0.2, -0.15) is 0 Å². The minimum absolute atomic E-state index is 0.152. The van der Waals surface area contributed by atoms with Crippen LogP contribution >= 0.6 is 0 Å². The smallest absolute Gasteiger partial charge is 0.211 e. The molecule has 3 heterocycles. The molecule has 0 atom stereocenters. The molecule has 158 valence electrons. The van der Waals surface area contributed by atoms with E-state index >= 15 is 0 Å². The first-order valence-corrected chi connectivity index (χ1v) is 11.9. The molecular formula is C22H25FN4O2S. The fraction of sp³-hybridized carbons (Fsp3) is 0.364. The third-order valence-electron chi connectivity index (χ3n) is 5.62. The van der Waals surface area contributed by atoms with Gasteiger partial charge in [0.2, 0.25) is 10.0 Å². The third-order valence-corrected chi connectivity index (χ3v) is 6.93. The number of fused-ring (bicyclic) bond motifs is 1. The Morgan fingerprint density at radius 2 is 1.93 bits per heavy atom. The number of pyridine rings is 2. The number of anilines is 1. The Balaban J connectivity index is 1.65. The SMILES string of the molecule is CCc1ncc(-c2cc(NC3CCN(S(C)(=O)=O)CC3)c3cnccc3c2)cc1F. The standard InChI is InChI=1S/C22H25FN4O2S/c1-3-21-20(23)11-17(13-25-21)16-10-15-4-7-24-14-19(15)22(12-16)26-18-5-8-27(9-6-18)30(2,28)29/h4,7,10-14,18,26H,3,5-6,8-9H2,1-2H3. The van der Waals surface area contributed by atoms with Crippen LogP contribution < -0.4 is 5.32 Å². The van der Waals surface area contributed by atoms with Crippen LogP contribution in [0.1, 0.15) is 25.5 Å². The van der Waals surface area contributed by atoms with E-state index in [-0.39, 0.29) is 11.9 Å². The maximum atomic E-state index is 14.3. The first kappa shape index (κ1) is 20.7. The van der Waals surface area contributed by atoms with Gasteiger partial charge in [0, 0.05) is 54.4 Å². The summed E-state index contributed by atoms with van der Waals surface area (Å²) < 4.78 is 39.4. The summed E-state index contributed by atoms with van der Waals surface area (Å²) in [6, 6.07) is 7.62. The van der Waals surface area contributed by atoms with Gasteiger partial charge in [-0.05, 0) is 54.5 Å². The van der Waals surface area contributed by atoms with E-state index in [1.54, 1.807) is 12.4 Å². The normalized spacial score (nSPS) is 16.1. The number of hydrogen-bond acceptors (Lipinski definition) is 5. The van der Waals surface area contributed by atoms with Gasteiger partial charge in [0.05, 0.1) is 11.9 Å². The van der Waals surface area contributed by atoms with Crippen LogP contribution in [0.3, 0.4) is 0 Å². The summed E-state index contributed by atoms with van der Waals surface area (Å²) >= 11 is 0. The van der Waals surface area contributed by atoms with Crippen molar-refractivity contribution < 1.29 is 12.8 Å². The van der Waals surface area contributed by atoms with E-state index in [0.29, 0.717) is 25.2 Å². The Kier molecular flexibility index (Phi) is 5.71. The van der Waals surface area contributed by atoms with Crippen LogP contribution in [0.15, 0.2) is 42.9 Å². The van der Waals surface area contributed by atoms with Crippen molar-refractivity contribution in [3.8, 4) is 11.1 Å². The summed E-state index contributed by atoms with van der Waals surface area (Å²) in [5.41, 5.74) is 2.96. The van der Waals surface area contributed by atoms with E-state index in [2.05, 4.69) is 15.3 Å². The molecule has 1 fully saturated rings. The van der Waals surface area contributed by atoms with Crippen molar-refractivity contribution in [2.24, 2.45) is 0 Å². The van der Waals surface area contributed by atoms with Crippen molar-refractivity contribution >= 4 is 26.5 Å². The molecule has 1 aromatic carbocycles. The molecule has 0 spiro atoms. The molecule has 0 amide bonds. The number of nitrogens with zero attached hydrogens (tertiary/aromatic N) is 3. The largest absolute Gasteiger partial charge is 0.382 e. The van der Waals surface area contributed by atoms with Gasteiger partial charge in [0.15, 0.2) is 0 Å². The van der Waals surface area contributed by atoms with Crippen LogP contribution in [0.4, 0.5) is 10.1 Å². The number of halogens is 1. The van der Waals surface area contributed by atoms with Crippen LogP contribution in [-0.2, 0) is 16.4 Å². The molecule has 1 saturated heterocycles. The Morgan fingerprint density at radius 1 is 1.17 bits per heavy atom. The topological polar surface area (TPSA) is 75.2 Å².